The van der Waals surface area contributed by atoms with Gasteiger partial charge in [-0.2, -0.15) is 0 Å². The standard InChI is InChI=1S/C15H29N3O/c1-12-4-8-18(9-5-12)14(19)10-17-7-6-13(16)15(2,3)11-17/h12-13H,4-11,16H2,1-3H3. The van der Waals surface area contributed by atoms with E-state index < -0.39 is 0 Å². The van der Waals surface area contributed by atoms with Crippen LogP contribution in [0.4, 0.5) is 0 Å². The van der Waals surface area contributed by atoms with Crippen molar-refractivity contribution in [1.82, 2.24) is 9.80 Å². The van der Waals surface area contributed by atoms with Crippen molar-refractivity contribution in [3.05, 3.63) is 0 Å². The fourth-order valence-corrected chi connectivity index (χ4v) is 3.17. The topological polar surface area (TPSA) is 49.6 Å². The summed E-state index contributed by atoms with van der Waals surface area (Å²) < 4.78 is 0. The van der Waals surface area contributed by atoms with Crippen molar-refractivity contribution in [3.8, 4) is 0 Å². The highest BCUT2D eigenvalue weighted by atomic mass is 16.2. The van der Waals surface area contributed by atoms with Gasteiger partial charge < -0.3 is 10.6 Å². The molecule has 110 valence electrons. The van der Waals surface area contributed by atoms with Crippen LogP contribution in [0.5, 0.6) is 0 Å². The van der Waals surface area contributed by atoms with Gasteiger partial charge in [-0.15, -0.1) is 0 Å². The van der Waals surface area contributed by atoms with Crippen molar-refractivity contribution < 1.29 is 4.79 Å². The van der Waals surface area contributed by atoms with E-state index in [-0.39, 0.29) is 11.5 Å². The molecule has 4 nitrogen and oxygen atoms in total. The van der Waals surface area contributed by atoms with Crippen molar-refractivity contribution in [2.75, 3.05) is 32.7 Å². The predicted molar refractivity (Wildman–Crippen MR) is 77.8 cm³/mol. The zero-order chi connectivity index (χ0) is 14.0. The Morgan fingerprint density at radius 2 is 1.84 bits per heavy atom. The molecule has 4 heteroatoms. The van der Waals surface area contributed by atoms with E-state index in [0.717, 1.165) is 51.4 Å². The highest BCUT2D eigenvalue weighted by molar-refractivity contribution is 5.78. The Morgan fingerprint density at radius 1 is 1.21 bits per heavy atom. The summed E-state index contributed by atoms with van der Waals surface area (Å²) in [4.78, 5) is 16.6. The van der Waals surface area contributed by atoms with Crippen LogP contribution in [0.3, 0.4) is 0 Å². The lowest BCUT2D eigenvalue weighted by atomic mass is 9.80. The molecular weight excluding hydrogens is 238 g/mol. The van der Waals surface area contributed by atoms with Crippen molar-refractivity contribution in [3.63, 3.8) is 0 Å². The molecule has 0 bridgehead atoms. The molecule has 0 spiro atoms. The fraction of sp³-hybridized carbons (Fsp3) is 0.933. The quantitative estimate of drug-likeness (QED) is 0.820. The molecule has 1 amide bonds. The Labute approximate surface area is 117 Å². The normalized spacial score (nSPS) is 29.5. The van der Waals surface area contributed by atoms with E-state index >= 15 is 0 Å². The van der Waals surface area contributed by atoms with E-state index in [1.54, 1.807) is 0 Å². The van der Waals surface area contributed by atoms with Crippen LogP contribution in [-0.4, -0.2) is 54.5 Å². The largest absolute Gasteiger partial charge is 0.342 e. The molecule has 0 radical (unpaired) electrons. The van der Waals surface area contributed by atoms with Crippen LogP contribution in [0.25, 0.3) is 0 Å². The number of amides is 1. The number of hydrogen-bond donors (Lipinski definition) is 1. The fourth-order valence-electron chi connectivity index (χ4n) is 3.17. The maximum Gasteiger partial charge on any atom is 0.236 e. The van der Waals surface area contributed by atoms with Crippen molar-refractivity contribution in [1.29, 1.82) is 0 Å². The molecule has 0 saturated carbocycles. The van der Waals surface area contributed by atoms with E-state index in [9.17, 15) is 4.79 Å². The maximum atomic E-state index is 12.3. The molecule has 19 heavy (non-hydrogen) atoms. The second-order valence-electron chi connectivity index (χ2n) is 7.16. The Morgan fingerprint density at radius 3 is 2.42 bits per heavy atom. The Balaban J connectivity index is 1.82. The maximum absolute atomic E-state index is 12.3. The lowest BCUT2D eigenvalue weighted by Gasteiger charge is -2.43. The SMILES string of the molecule is CC1CCN(C(=O)CN2CCC(N)C(C)(C)C2)CC1. The molecule has 1 atom stereocenters. The van der Waals surface area contributed by atoms with Crippen molar-refractivity contribution >= 4 is 5.91 Å². The molecule has 2 N–H and O–H groups in total. The second-order valence-corrected chi connectivity index (χ2v) is 7.16. The van der Waals surface area contributed by atoms with E-state index in [1.807, 2.05) is 4.90 Å². The zero-order valence-electron chi connectivity index (χ0n) is 12.7. The molecule has 0 aliphatic carbocycles. The van der Waals surface area contributed by atoms with Gasteiger partial charge in [-0.25, -0.2) is 0 Å². The molecule has 2 heterocycles. The summed E-state index contributed by atoms with van der Waals surface area (Å²) >= 11 is 0. The van der Waals surface area contributed by atoms with Gasteiger partial charge in [0.2, 0.25) is 5.91 Å². The van der Waals surface area contributed by atoms with E-state index in [4.69, 9.17) is 5.73 Å². The molecule has 1 unspecified atom stereocenters. The summed E-state index contributed by atoms with van der Waals surface area (Å²) in [5.41, 5.74) is 6.26. The minimum atomic E-state index is 0.120. The first-order valence-electron chi connectivity index (χ1n) is 7.64. The third-order valence-corrected chi connectivity index (χ3v) is 4.89. The predicted octanol–water partition coefficient (Wildman–Crippen LogP) is 1.30. The smallest absolute Gasteiger partial charge is 0.236 e. The van der Waals surface area contributed by atoms with Crippen LogP contribution < -0.4 is 5.73 Å². The van der Waals surface area contributed by atoms with Gasteiger partial charge in [-0.05, 0) is 30.6 Å². The lowest BCUT2D eigenvalue weighted by molar-refractivity contribution is -0.134. The summed E-state index contributed by atoms with van der Waals surface area (Å²) in [6, 6.07) is 0.259. The van der Waals surface area contributed by atoms with Crippen molar-refractivity contribution in [2.45, 2.75) is 46.1 Å². The first-order chi connectivity index (χ1) is 8.88. The number of piperidine rings is 2. The molecule has 2 rings (SSSR count). The third kappa shape index (κ3) is 3.69. The van der Waals surface area contributed by atoms with Crippen LogP contribution >= 0.6 is 0 Å². The van der Waals surface area contributed by atoms with Gasteiger partial charge in [0.05, 0.1) is 6.54 Å². The monoisotopic (exact) mass is 267 g/mol. The van der Waals surface area contributed by atoms with Gasteiger partial charge in [0.1, 0.15) is 0 Å². The average molecular weight is 267 g/mol. The van der Waals surface area contributed by atoms with E-state index in [0.29, 0.717) is 12.5 Å². The van der Waals surface area contributed by atoms with Crippen LogP contribution in [0.2, 0.25) is 0 Å². The molecule has 0 aromatic heterocycles. The van der Waals surface area contributed by atoms with Crippen LogP contribution in [-0.2, 0) is 4.79 Å². The molecule has 0 aromatic rings. The summed E-state index contributed by atoms with van der Waals surface area (Å²) in [6.07, 6.45) is 3.31. The van der Waals surface area contributed by atoms with Gasteiger partial charge in [-0.3, -0.25) is 9.69 Å². The van der Waals surface area contributed by atoms with Crippen LogP contribution in [0.15, 0.2) is 0 Å². The Bertz CT molecular complexity index is 321. The molecule has 2 aliphatic heterocycles. The molecular formula is C15H29N3O. The number of rotatable bonds is 2. The first-order valence-corrected chi connectivity index (χ1v) is 7.64. The van der Waals surface area contributed by atoms with E-state index in [2.05, 4.69) is 25.7 Å². The van der Waals surface area contributed by atoms with Gasteiger partial charge in [0, 0.05) is 32.2 Å². The highest BCUT2D eigenvalue weighted by Crippen LogP contribution is 2.27. The summed E-state index contributed by atoms with van der Waals surface area (Å²) in [5, 5.41) is 0. The molecule has 2 fully saturated rings. The number of hydrogen-bond acceptors (Lipinski definition) is 3. The summed E-state index contributed by atoms with van der Waals surface area (Å²) in [7, 11) is 0. The highest BCUT2D eigenvalue weighted by Gasteiger charge is 2.34. The second kappa shape index (κ2) is 5.80. The molecule has 2 aliphatic rings. The lowest BCUT2D eigenvalue weighted by Crippen LogP contribution is -2.54. The van der Waals surface area contributed by atoms with E-state index in [1.165, 1.54) is 0 Å². The van der Waals surface area contributed by atoms with Gasteiger partial charge >= 0.3 is 0 Å². The summed E-state index contributed by atoms with van der Waals surface area (Å²) in [6.45, 7) is 11.0. The summed E-state index contributed by atoms with van der Waals surface area (Å²) in [5.74, 6) is 1.08. The number of carbonyl (C=O) groups is 1. The average Bonchev–Trinajstić information content (AvgIpc) is 2.34. The zero-order valence-corrected chi connectivity index (χ0v) is 12.7. The van der Waals surface area contributed by atoms with Gasteiger partial charge in [0.25, 0.3) is 0 Å². The minimum absolute atomic E-state index is 0.120. The number of nitrogens with two attached hydrogens (primary N) is 1. The molecule has 2 saturated heterocycles. The van der Waals surface area contributed by atoms with Crippen LogP contribution in [0, 0.1) is 11.3 Å². The first kappa shape index (κ1) is 14.8. The number of likely N-dealkylation sites (tertiary alicyclic amines) is 2. The Kier molecular flexibility index (Phi) is 4.51. The number of nitrogens with zero attached hydrogens (tertiary/aromatic N) is 2. The van der Waals surface area contributed by atoms with Gasteiger partial charge in [0.15, 0.2) is 0 Å². The molecule has 0 aromatic carbocycles. The van der Waals surface area contributed by atoms with Gasteiger partial charge in [-0.1, -0.05) is 20.8 Å². The van der Waals surface area contributed by atoms with Crippen LogP contribution in [0.1, 0.15) is 40.0 Å². The minimum Gasteiger partial charge on any atom is -0.342 e. The number of carbonyl (C=O) groups excluding carboxylic acids is 1. The van der Waals surface area contributed by atoms with Crippen molar-refractivity contribution in [2.24, 2.45) is 17.1 Å². The third-order valence-electron chi connectivity index (χ3n) is 4.89. The Hall–Kier alpha value is -0.610.